The molecule has 0 aromatic carbocycles. The average Bonchev–Trinajstić information content (AvgIpc) is 3.12. The molecule has 3 nitrogen and oxygen atoms in total. The average molecular weight is 312 g/mol. The Balaban J connectivity index is 1.65. The van der Waals surface area contributed by atoms with Crippen LogP contribution in [-0.2, 0) is 9.47 Å². The molecule has 3 heteroatoms. The molecule has 0 bridgehead atoms. The Morgan fingerprint density at radius 2 is 1.86 bits per heavy atom. The molecule has 1 N–H and O–H groups in total. The molecule has 1 aliphatic heterocycles. The fraction of sp³-hybridized carbons (Fsp3) is 1.00. The van der Waals surface area contributed by atoms with Gasteiger partial charge in [0.1, 0.15) is 0 Å². The molecule has 1 saturated heterocycles. The molecule has 0 aromatic heterocycles. The normalized spacial score (nSPS) is 34.4. The van der Waals surface area contributed by atoms with Crippen LogP contribution in [0.3, 0.4) is 0 Å². The SMILES string of the molecule is CCC1CC(CC)C(C)(CCCC(O)CCC2OCCO2)C1. The molecule has 2 rings (SSSR count). The van der Waals surface area contributed by atoms with Crippen molar-refractivity contribution in [1.82, 2.24) is 0 Å². The van der Waals surface area contributed by atoms with Crippen LogP contribution in [0.2, 0.25) is 0 Å². The minimum atomic E-state index is -0.195. The van der Waals surface area contributed by atoms with E-state index in [1.807, 2.05) is 0 Å². The van der Waals surface area contributed by atoms with Gasteiger partial charge in [0, 0.05) is 6.42 Å². The number of rotatable bonds is 9. The quantitative estimate of drug-likeness (QED) is 0.680. The molecule has 4 atom stereocenters. The molecule has 1 heterocycles. The van der Waals surface area contributed by atoms with Crippen molar-refractivity contribution in [3.63, 3.8) is 0 Å². The summed E-state index contributed by atoms with van der Waals surface area (Å²) in [6.45, 7) is 8.58. The van der Waals surface area contributed by atoms with Crippen molar-refractivity contribution in [2.24, 2.45) is 17.3 Å². The van der Waals surface area contributed by atoms with Gasteiger partial charge in [0.25, 0.3) is 0 Å². The summed E-state index contributed by atoms with van der Waals surface area (Å²) in [5.41, 5.74) is 0.507. The maximum atomic E-state index is 10.2. The zero-order valence-corrected chi connectivity index (χ0v) is 14.9. The summed E-state index contributed by atoms with van der Waals surface area (Å²) >= 11 is 0. The van der Waals surface area contributed by atoms with Crippen LogP contribution in [0.4, 0.5) is 0 Å². The Bertz CT molecular complexity index is 314. The standard InChI is InChI=1S/C19H36O3/c1-4-15-13-16(5-2)19(3,14-15)10-6-7-17(20)8-9-18-21-11-12-22-18/h15-18,20H,4-14H2,1-3H3. The molecule has 4 unspecified atom stereocenters. The molecule has 2 aliphatic rings. The van der Waals surface area contributed by atoms with Gasteiger partial charge in [0.05, 0.1) is 19.3 Å². The molecule has 22 heavy (non-hydrogen) atoms. The van der Waals surface area contributed by atoms with Crippen molar-refractivity contribution < 1.29 is 14.6 Å². The lowest BCUT2D eigenvalue weighted by Crippen LogP contribution is -2.22. The third-order valence-corrected chi connectivity index (χ3v) is 6.14. The van der Waals surface area contributed by atoms with Crippen molar-refractivity contribution in [2.75, 3.05) is 13.2 Å². The lowest BCUT2D eigenvalue weighted by atomic mass is 9.74. The van der Waals surface area contributed by atoms with Gasteiger partial charge < -0.3 is 14.6 Å². The van der Waals surface area contributed by atoms with Crippen molar-refractivity contribution in [3.8, 4) is 0 Å². The maximum absolute atomic E-state index is 10.2. The van der Waals surface area contributed by atoms with Crippen LogP contribution >= 0.6 is 0 Å². The van der Waals surface area contributed by atoms with E-state index < -0.39 is 0 Å². The molecule has 0 radical (unpaired) electrons. The fourth-order valence-electron chi connectivity index (χ4n) is 4.66. The fourth-order valence-corrected chi connectivity index (χ4v) is 4.66. The lowest BCUT2D eigenvalue weighted by molar-refractivity contribution is -0.0545. The first-order valence-corrected chi connectivity index (χ1v) is 9.48. The monoisotopic (exact) mass is 312 g/mol. The van der Waals surface area contributed by atoms with Gasteiger partial charge in [-0.3, -0.25) is 0 Å². The van der Waals surface area contributed by atoms with Crippen LogP contribution in [0.15, 0.2) is 0 Å². The Morgan fingerprint density at radius 3 is 2.50 bits per heavy atom. The van der Waals surface area contributed by atoms with Crippen molar-refractivity contribution in [2.45, 2.75) is 91.0 Å². The number of ether oxygens (including phenoxy) is 2. The Kier molecular flexibility index (Phi) is 7.17. The highest BCUT2D eigenvalue weighted by Gasteiger charge is 2.41. The smallest absolute Gasteiger partial charge is 0.157 e. The number of aliphatic hydroxyl groups is 1. The highest BCUT2D eigenvalue weighted by Crippen LogP contribution is 2.51. The number of aliphatic hydroxyl groups excluding tert-OH is 1. The van der Waals surface area contributed by atoms with Gasteiger partial charge in [-0.1, -0.05) is 40.0 Å². The third-order valence-electron chi connectivity index (χ3n) is 6.14. The lowest BCUT2D eigenvalue weighted by Gasteiger charge is -2.31. The van der Waals surface area contributed by atoms with E-state index in [4.69, 9.17) is 9.47 Å². The first kappa shape index (κ1) is 18.2. The largest absolute Gasteiger partial charge is 0.393 e. The van der Waals surface area contributed by atoms with Gasteiger partial charge in [-0.25, -0.2) is 0 Å². The zero-order valence-electron chi connectivity index (χ0n) is 14.9. The van der Waals surface area contributed by atoms with Crippen LogP contribution in [-0.4, -0.2) is 30.7 Å². The van der Waals surface area contributed by atoms with Crippen LogP contribution in [0, 0.1) is 17.3 Å². The summed E-state index contributed by atoms with van der Waals surface area (Å²) in [7, 11) is 0. The molecule has 1 aliphatic carbocycles. The van der Waals surface area contributed by atoms with Gasteiger partial charge in [0.15, 0.2) is 6.29 Å². The van der Waals surface area contributed by atoms with E-state index in [9.17, 15) is 5.11 Å². The van der Waals surface area contributed by atoms with E-state index in [1.54, 1.807) is 0 Å². The summed E-state index contributed by atoms with van der Waals surface area (Å²) in [4.78, 5) is 0. The third kappa shape index (κ3) is 4.94. The highest BCUT2D eigenvalue weighted by molar-refractivity contribution is 4.91. The summed E-state index contributed by atoms with van der Waals surface area (Å²) in [6.07, 6.45) is 10.2. The molecule has 0 amide bonds. The number of hydrogen-bond acceptors (Lipinski definition) is 3. The van der Waals surface area contributed by atoms with E-state index in [-0.39, 0.29) is 12.4 Å². The van der Waals surface area contributed by atoms with Gasteiger partial charge >= 0.3 is 0 Å². The van der Waals surface area contributed by atoms with Crippen molar-refractivity contribution >= 4 is 0 Å². The summed E-state index contributed by atoms with van der Waals surface area (Å²) < 4.78 is 10.8. The van der Waals surface area contributed by atoms with E-state index in [1.165, 1.54) is 32.1 Å². The van der Waals surface area contributed by atoms with E-state index in [2.05, 4.69) is 20.8 Å². The molecular formula is C19H36O3. The second kappa shape index (κ2) is 8.65. The molecule has 2 fully saturated rings. The van der Waals surface area contributed by atoms with Crippen LogP contribution in [0.1, 0.15) is 78.6 Å². The van der Waals surface area contributed by atoms with Crippen LogP contribution in [0.25, 0.3) is 0 Å². The topological polar surface area (TPSA) is 38.7 Å². The minimum Gasteiger partial charge on any atom is -0.393 e. The van der Waals surface area contributed by atoms with E-state index in [0.29, 0.717) is 18.6 Å². The first-order valence-electron chi connectivity index (χ1n) is 9.48. The molecule has 1 saturated carbocycles. The van der Waals surface area contributed by atoms with Gasteiger partial charge in [0.2, 0.25) is 0 Å². The van der Waals surface area contributed by atoms with Crippen molar-refractivity contribution in [3.05, 3.63) is 0 Å². The van der Waals surface area contributed by atoms with Gasteiger partial charge in [-0.2, -0.15) is 0 Å². The van der Waals surface area contributed by atoms with Crippen LogP contribution < -0.4 is 0 Å². The maximum Gasteiger partial charge on any atom is 0.157 e. The zero-order chi connectivity index (χ0) is 16.0. The molecular weight excluding hydrogens is 276 g/mol. The van der Waals surface area contributed by atoms with E-state index >= 15 is 0 Å². The van der Waals surface area contributed by atoms with Gasteiger partial charge in [-0.05, 0) is 49.4 Å². The summed E-state index contributed by atoms with van der Waals surface area (Å²) in [6, 6.07) is 0. The van der Waals surface area contributed by atoms with Crippen molar-refractivity contribution in [1.29, 1.82) is 0 Å². The second-order valence-corrected chi connectivity index (χ2v) is 7.77. The Hall–Kier alpha value is -0.120. The highest BCUT2D eigenvalue weighted by atomic mass is 16.7. The van der Waals surface area contributed by atoms with Gasteiger partial charge in [-0.15, -0.1) is 0 Å². The predicted octanol–water partition coefficient (Wildman–Crippen LogP) is 4.52. The number of hydrogen-bond donors (Lipinski definition) is 1. The first-order chi connectivity index (χ1) is 10.6. The minimum absolute atomic E-state index is 0.0724. The Morgan fingerprint density at radius 1 is 1.14 bits per heavy atom. The van der Waals surface area contributed by atoms with E-state index in [0.717, 1.165) is 37.5 Å². The summed E-state index contributed by atoms with van der Waals surface area (Å²) in [5, 5.41) is 10.2. The second-order valence-electron chi connectivity index (χ2n) is 7.77. The van der Waals surface area contributed by atoms with Crippen LogP contribution in [0.5, 0.6) is 0 Å². The molecule has 0 spiro atoms. The molecule has 130 valence electrons. The predicted molar refractivity (Wildman–Crippen MR) is 89.7 cm³/mol. The molecule has 0 aromatic rings. The Labute approximate surface area is 136 Å². The summed E-state index contributed by atoms with van der Waals surface area (Å²) in [5.74, 6) is 1.81.